The van der Waals surface area contributed by atoms with Gasteiger partial charge in [0, 0.05) is 12.1 Å². The molecule has 0 saturated heterocycles. The maximum Gasteiger partial charge on any atom is 0.227 e. The van der Waals surface area contributed by atoms with Crippen molar-refractivity contribution in [3.8, 4) is 0 Å². The molecule has 0 unspecified atom stereocenters. The maximum atomic E-state index is 11.9. The topological polar surface area (TPSA) is 92.3 Å². The zero-order valence-electron chi connectivity index (χ0n) is 18.5. The molecule has 2 N–H and O–H groups in total. The van der Waals surface area contributed by atoms with Crippen molar-refractivity contribution in [2.24, 2.45) is 23.7 Å². The highest BCUT2D eigenvalue weighted by Gasteiger charge is 2.33. The van der Waals surface area contributed by atoms with E-state index in [-0.39, 0.29) is 48.3 Å². The van der Waals surface area contributed by atoms with E-state index in [1.54, 1.807) is 0 Å². The van der Waals surface area contributed by atoms with Gasteiger partial charge in [-0.15, -0.1) is 0 Å². The van der Waals surface area contributed by atoms with E-state index in [4.69, 9.17) is 0 Å². The summed E-state index contributed by atoms with van der Waals surface area (Å²) in [6.07, 6.45) is 7.65. The maximum absolute atomic E-state index is 11.9. The van der Waals surface area contributed by atoms with Crippen molar-refractivity contribution >= 4 is 23.4 Å². The van der Waals surface area contributed by atoms with E-state index in [0.717, 1.165) is 38.5 Å². The lowest BCUT2D eigenvalue weighted by Gasteiger charge is -2.39. The summed E-state index contributed by atoms with van der Waals surface area (Å²) in [5.41, 5.74) is 0. The summed E-state index contributed by atoms with van der Waals surface area (Å²) < 4.78 is 0. The third-order valence-electron chi connectivity index (χ3n) is 6.73. The van der Waals surface area contributed by atoms with Crippen molar-refractivity contribution < 1.29 is 19.2 Å². The van der Waals surface area contributed by atoms with Crippen LogP contribution in [0, 0.1) is 23.7 Å². The quantitative estimate of drug-likeness (QED) is 0.606. The van der Waals surface area contributed by atoms with Crippen molar-refractivity contribution in [3.63, 3.8) is 0 Å². The number of hydrogen-bond acceptors (Lipinski definition) is 4. The molecule has 2 amide bonds. The molecule has 0 aromatic rings. The van der Waals surface area contributed by atoms with Crippen LogP contribution in [0.4, 0.5) is 0 Å². The molecule has 2 saturated carbocycles. The zero-order chi connectivity index (χ0) is 21.6. The van der Waals surface area contributed by atoms with Crippen molar-refractivity contribution in [3.05, 3.63) is 0 Å². The predicted octanol–water partition coefficient (Wildman–Crippen LogP) is 3.18. The molecule has 0 aliphatic heterocycles. The second-order valence-corrected chi connectivity index (χ2v) is 9.65. The van der Waals surface area contributed by atoms with E-state index < -0.39 is 0 Å². The van der Waals surface area contributed by atoms with E-state index in [1.807, 2.05) is 0 Å². The first-order valence-electron chi connectivity index (χ1n) is 11.2. The van der Waals surface area contributed by atoms with Gasteiger partial charge in [0.2, 0.25) is 11.8 Å². The summed E-state index contributed by atoms with van der Waals surface area (Å²) >= 11 is 0. The molecule has 6 heteroatoms. The van der Waals surface area contributed by atoms with Crippen LogP contribution in [-0.2, 0) is 19.2 Å². The van der Waals surface area contributed by atoms with Crippen LogP contribution < -0.4 is 10.6 Å². The standard InChI is InChI=1S/C23H38N2O4/c1-14-9-18(5-7-20(14)24-22(28)11-16(3)26)13-19-6-8-21(15(2)10-19)25-23(29)12-17(4)27/h14-15,18-21H,5-13H2,1-4H3,(H,24,28)(H,25,29)/t14-,15-,18-,19+,20+,21-/m0/s1. The van der Waals surface area contributed by atoms with Crippen LogP contribution >= 0.6 is 0 Å². The van der Waals surface area contributed by atoms with Gasteiger partial charge in [-0.1, -0.05) is 13.8 Å². The molecular formula is C23H38N2O4. The summed E-state index contributed by atoms with van der Waals surface area (Å²) in [7, 11) is 0. The number of amides is 2. The summed E-state index contributed by atoms with van der Waals surface area (Å²) in [4.78, 5) is 46.0. The highest BCUT2D eigenvalue weighted by atomic mass is 16.2. The van der Waals surface area contributed by atoms with E-state index in [1.165, 1.54) is 20.3 Å². The minimum Gasteiger partial charge on any atom is -0.353 e. The Hall–Kier alpha value is -1.72. The number of carbonyl (C=O) groups is 4. The minimum absolute atomic E-state index is 0.0171. The molecule has 0 spiro atoms. The third kappa shape index (κ3) is 7.90. The lowest BCUT2D eigenvalue weighted by atomic mass is 9.70. The van der Waals surface area contributed by atoms with E-state index in [9.17, 15) is 19.2 Å². The van der Waals surface area contributed by atoms with Gasteiger partial charge in [0.25, 0.3) is 0 Å². The Balaban J connectivity index is 1.74. The van der Waals surface area contributed by atoms with Crippen LogP contribution in [0.5, 0.6) is 0 Å². The number of hydrogen-bond donors (Lipinski definition) is 2. The van der Waals surface area contributed by atoms with Crippen molar-refractivity contribution in [2.45, 2.75) is 97.6 Å². The molecule has 164 valence electrons. The molecular weight excluding hydrogens is 368 g/mol. The second kappa shape index (κ2) is 10.9. The van der Waals surface area contributed by atoms with Crippen LogP contribution in [0.3, 0.4) is 0 Å². The van der Waals surface area contributed by atoms with Gasteiger partial charge < -0.3 is 10.6 Å². The number of ketones is 2. The second-order valence-electron chi connectivity index (χ2n) is 9.65. The smallest absolute Gasteiger partial charge is 0.227 e. The lowest BCUT2D eigenvalue weighted by Crippen LogP contribution is -2.44. The Morgan fingerprint density at radius 2 is 1.07 bits per heavy atom. The number of carbonyl (C=O) groups excluding carboxylic acids is 4. The largest absolute Gasteiger partial charge is 0.353 e. The van der Waals surface area contributed by atoms with E-state index in [0.29, 0.717) is 23.7 Å². The highest BCUT2D eigenvalue weighted by Crippen LogP contribution is 2.39. The van der Waals surface area contributed by atoms with Crippen LogP contribution in [0.25, 0.3) is 0 Å². The fourth-order valence-electron chi connectivity index (χ4n) is 5.31. The molecule has 6 atom stereocenters. The van der Waals surface area contributed by atoms with Gasteiger partial charge in [-0.05, 0) is 82.5 Å². The van der Waals surface area contributed by atoms with Gasteiger partial charge in [-0.2, -0.15) is 0 Å². The third-order valence-corrected chi connectivity index (χ3v) is 6.73. The normalized spacial score (nSPS) is 32.3. The first-order chi connectivity index (χ1) is 13.6. The van der Waals surface area contributed by atoms with Gasteiger partial charge in [0.1, 0.15) is 11.6 Å². The Bertz CT molecular complexity index is 566. The molecule has 0 bridgehead atoms. The fraction of sp³-hybridized carbons (Fsp3) is 0.826. The first kappa shape index (κ1) is 23.6. The molecule has 2 fully saturated rings. The van der Waals surface area contributed by atoms with Crippen LogP contribution in [0.2, 0.25) is 0 Å². The molecule has 0 radical (unpaired) electrons. The van der Waals surface area contributed by atoms with E-state index >= 15 is 0 Å². The summed E-state index contributed by atoms with van der Waals surface area (Å²) in [5.74, 6) is 1.77. The Morgan fingerprint density at radius 1 is 0.690 bits per heavy atom. The first-order valence-corrected chi connectivity index (χ1v) is 11.2. The molecule has 0 heterocycles. The fourth-order valence-corrected chi connectivity index (χ4v) is 5.31. The van der Waals surface area contributed by atoms with Gasteiger partial charge in [-0.25, -0.2) is 0 Å². The molecule has 29 heavy (non-hydrogen) atoms. The van der Waals surface area contributed by atoms with Crippen molar-refractivity contribution in [2.75, 3.05) is 0 Å². The van der Waals surface area contributed by atoms with Crippen molar-refractivity contribution in [1.82, 2.24) is 10.6 Å². The Morgan fingerprint density at radius 3 is 1.38 bits per heavy atom. The van der Waals surface area contributed by atoms with Crippen molar-refractivity contribution in [1.29, 1.82) is 0 Å². The summed E-state index contributed by atoms with van der Waals surface area (Å²) in [6.45, 7) is 7.30. The van der Waals surface area contributed by atoms with Gasteiger partial charge in [-0.3, -0.25) is 19.2 Å². The molecule has 6 nitrogen and oxygen atoms in total. The average Bonchev–Trinajstić information content (AvgIpc) is 2.58. The van der Waals surface area contributed by atoms with E-state index in [2.05, 4.69) is 24.5 Å². The van der Waals surface area contributed by atoms with Gasteiger partial charge in [0.05, 0.1) is 12.8 Å². The molecule has 2 aliphatic rings. The van der Waals surface area contributed by atoms with Gasteiger partial charge in [0.15, 0.2) is 0 Å². The van der Waals surface area contributed by atoms with Gasteiger partial charge >= 0.3 is 0 Å². The highest BCUT2D eigenvalue weighted by molar-refractivity contribution is 5.97. The summed E-state index contributed by atoms with van der Waals surface area (Å²) in [5, 5.41) is 6.09. The molecule has 0 aromatic carbocycles. The van der Waals surface area contributed by atoms with Crippen LogP contribution in [0.1, 0.15) is 85.5 Å². The number of Topliss-reactive ketones (excluding diaryl/α,β-unsaturated/α-hetero) is 2. The van der Waals surface area contributed by atoms with Crippen LogP contribution in [-0.4, -0.2) is 35.5 Å². The Kier molecular flexibility index (Phi) is 8.84. The lowest BCUT2D eigenvalue weighted by molar-refractivity contribution is -0.129. The summed E-state index contributed by atoms with van der Waals surface area (Å²) in [6, 6.07) is 0.369. The van der Waals surface area contributed by atoms with Crippen LogP contribution in [0.15, 0.2) is 0 Å². The monoisotopic (exact) mass is 406 g/mol. The molecule has 2 rings (SSSR count). The number of nitrogens with one attached hydrogen (secondary N) is 2. The zero-order valence-corrected chi connectivity index (χ0v) is 18.5. The minimum atomic E-state index is -0.147. The predicted molar refractivity (Wildman–Crippen MR) is 112 cm³/mol. The SMILES string of the molecule is CC(=O)CC(=O)N[C@H]1CC[C@@H](C[C@H]2CC[C@@H](NC(=O)CC(C)=O)[C@@H](C)C2)C[C@@H]1C. The number of rotatable bonds is 8. The average molecular weight is 407 g/mol. The molecule has 0 aromatic heterocycles. The molecule has 2 aliphatic carbocycles. The Labute approximate surface area is 175 Å².